The third kappa shape index (κ3) is 9.08. The molecule has 0 aromatic carbocycles. The molecule has 124 valence electrons. The van der Waals surface area contributed by atoms with Gasteiger partial charge in [-0.2, -0.15) is 5.26 Å². The number of nitrogens with one attached hydrogen (secondary N) is 1. The lowest BCUT2D eigenvalue weighted by atomic mass is 9.95. The van der Waals surface area contributed by atoms with Crippen LogP contribution in [0, 0.1) is 11.3 Å². The van der Waals surface area contributed by atoms with Gasteiger partial charge >= 0.3 is 0 Å². The summed E-state index contributed by atoms with van der Waals surface area (Å²) in [5, 5.41) is 12.7. The van der Waals surface area contributed by atoms with E-state index in [9.17, 15) is 5.26 Å². The van der Waals surface area contributed by atoms with E-state index in [-0.39, 0.29) is 5.54 Å². The minimum atomic E-state index is -0.388. The first-order valence-electron chi connectivity index (χ1n) is 8.31. The van der Waals surface area contributed by atoms with Crippen molar-refractivity contribution in [1.29, 1.82) is 5.26 Å². The minimum absolute atomic E-state index is 0.349. The first kappa shape index (κ1) is 20.4. The average molecular weight is 297 g/mol. The fraction of sp³-hybridized carbons (Fsp3) is 0.941. The number of nitriles is 1. The van der Waals surface area contributed by atoms with Crippen LogP contribution in [0.1, 0.15) is 53.9 Å². The van der Waals surface area contributed by atoms with Gasteiger partial charge in [0.25, 0.3) is 0 Å². The highest BCUT2D eigenvalue weighted by Crippen LogP contribution is 2.15. The normalized spacial score (nSPS) is 16.2. The first-order chi connectivity index (χ1) is 9.74. The summed E-state index contributed by atoms with van der Waals surface area (Å²) in [7, 11) is 4.25. The Morgan fingerprint density at radius 1 is 1.19 bits per heavy atom. The second-order valence-corrected chi connectivity index (χ2v) is 6.94. The molecule has 0 aromatic rings. The predicted molar refractivity (Wildman–Crippen MR) is 91.4 cm³/mol. The fourth-order valence-electron chi connectivity index (χ4n) is 2.93. The lowest BCUT2D eigenvalue weighted by molar-refractivity contribution is 0.177. The Morgan fingerprint density at radius 2 is 1.81 bits per heavy atom. The number of nitrogens with zero attached hydrogens (tertiary/aromatic N) is 3. The first-order valence-corrected chi connectivity index (χ1v) is 8.31. The van der Waals surface area contributed by atoms with E-state index < -0.39 is 0 Å². The molecular formula is C17H36N4. The monoisotopic (exact) mass is 296 g/mol. The van der Waals surface area contributed by atoms with E-state index >= 15 is 0 Å². The Kier molecular flexibility index (Phi) is 9.85. The van der Waals surface area contributed by atoms with Crippen molar-refractivity contribution in [2.75, 3.05) is 33.7 Å². The third-order valence-electron chi connectivity index (χ3n) is 3.89. The smallest absolute Gasteiger partial charge is 0.104 e. The molecule has 0 aromatic heterocycles. The minimum Gasteiger partial charge on any atom is -0.308 e. The van der Waals surface area contributed by atoms with Gasteiger partial charge in [-0.25, -0.2) is 0 Å². The molecule has 0 aliphatic heterocycles. The summed E-state index contributed by atoms with van der Waals surface area (Å²) >= 11 is 0. The van der Waals surface area contributed by atoms with Crippen molar-refractivity contribution in [2.45, 2.75) is 71.5 Å². The number of rotatable bonds is 11. The molecule has 0 spiro atoms. The van der Waals surface area contributed by atoms with Gasteiger partial charge in [-0.05, 0) is 74.1 Å². The number of unbranched alkanes of at least 4 members (excludes halogenated alkanes) is 1. The Bertz CT molecular complexity index is 308. The van der Waals surface area contributed by atoms with Crippen LogP contribution in [-0.4, -0.2) is 61.2 Å². The number of hydrogen-bond donors (Lipinski definition) is 1. The quantitative estimate of drug-likeness (QED) is 0.595. The standard InChI is InChI=1S/C17H36N4/c1-8-21(16(4)13-20(6)7)12-10-9-11-17(5,14-18)19-15(2)3/h15-16,19H,8-13H2,1-7H3. The van der Waals surface area contributed by atoms with E-state index in [1.807, 2.05) is 6.92 Å². The zero-order valence-electron chi connectivity index (χ0n) is 15.2. The molecule has 4 heteroatoms. The zero-order valence-corrected chi connectivity index (χ0v) is 15.2. The van der Waals surface area contributed by atoms with Crippen LogP contribution in [0.2, 0.25) is 0 Å². The van der Waals surface area contributed by atoms with Crippen LogP contribution >= 0.6 is 0 Å². The summed E-state index contributed by atoms with van der Waals surface area (Å²) in [5.74, 6) is 0. The van der Waals surface area contributed by atoms with Crippen molar-refractivity contribution < 1.29 is 0 Å². The van der Waals surface area contributed by atoms with Gasteiger partial charge in [0.15, 0.2) is 0 Å². The Labute approximate surface area is 132 Å². The van der Waals surface area contributed by atoms with Crippen molar-refractivity contribution in [3.63, 3.8) is 0 Å². The maximum atomic E-state index is 9.35. The molecule has 4 nitrogen and oxygen atoms in total. The molecule has 0 radical (unpaired) electrons. The zero-order chi connectivity index (χ0) is 16.5. The number of likely N-dealkylation sites (N-methyl/N-ethyl adjacent to an activating group) is 2. The van der Waals surface area contributed by atoms with Crippen LogP contribution in [0.4, 0.5) is 0 Å². The molecule has 0 fully saturated rings. The molecule has 0 amide bonds. The van der Waals surface area contributed by atoms with E-state index in [1.165, 1.54) is 0 Å². The summed E-state index contributed by atoms with van der Waals surface area (Å²) in [6, 6.07) is 3.36. The second-order valence-electron chi connectivity index (χ2n) is 6.94. The van der Waals surface area contributed by atoms with Gasteiger partial charge in [0.2, 0.25) is 0 Å². The summed E-state index contributed by atoms with van der Waals surface area (Å²) < 4.78 is 0. The lowest BCUT2D eigenvalue weighted by Gasteiger charge is -2.30. The average Bonchev–Trinajstić information content (AvgIpc) is 2.37. The van der Waals surface area contributed by atoms with Crippen LogP contribution in [-0.2, 0) is 0 Å². The van der Waals surface area contributed by atoms with E-state index in [1.54, 1.807) is 0 Å². The topological polar surface area (TPSA) is 42.3 Å². The number of hydrogen-bond acceptors (Lipinski definition) is 4. The molecule has 0 aliphatic rings. The molecule has 2 atom stereocenters. The van der Waals surface area contributed by atoms with Crippen LogP contribution in [0.15, 0.2) is 0 Å². The Balaban J connectivity index is 4.14. The molecular weight excluding hydrogens is 260 g/mol. The van der Waals surface area contributed by atoms with E-state index in [0.717, 1.165) is 38.9 Å². The van der Waals surface area contributed by atoms with Gasteiger partial charge in [-0.3, -0.25) is 10.2 Å². The van der Waals surface area contributed by atoms with Gasteiger partial charge in [0.1, 0.15) is 5.54 Å². The van der Waals surface area contributed by atoms with E-state index in [0.29, 0.717) is 12.1 Å². The van der Waals surface area contributed by atoms with Crippen LogP contribution in [0.5, 0.6) is 0 Å². The van der Waals surface area contributed by atoms with Gasteiger partial charge in [-0.1, -0.05) is 6.92 Å². The molecule has 0 heterocycles. The van der Waals surface area contributed by atoms with Crippen LogP contribution in [0.25, 0.3) is 0 Å². The summed E-state index contributed by atoms with van der Waals surface area (Å²) in [6.45, 7) is 14.0. The molecule has 21 heavy (non-hydrogen) atoms. The van der Waals surface area contributed by atoms with E-state index in [2.05, 4.69) is 63.0 Å². The molecule has 1 N–H and O–H groups in total. The van der Waals surface area contributed by atoms with Gasteiger partial charge in [-0.15, -0.1) is 0 Å². The molecule has 0 saturated carbocycles. The highest BCUT2D eigenvalue weighted by atomic mass is 15.2. The third-order valence-corrected chi connectivity index (χ3v) is 3.89. The van der Waals surface area contributed by atoms with Crippen molar-refractivity contribution >= 4 is 0 Å². The van der Waals surface area contributed by atoms with Crippen molar-refractivity contribution in [2.24, 2.45) is 0 Å². The van der Waals surface area contributed by atoms with Crippen molar-refractivity contribution in [1.82, 2.24) is 15.1 Å². The molecule has 0 rings (SSSR count). The maximum absolute atomic E-state index is 9.35. The Hall–Kier alpha value is -0.630. The second kappa shape index (κ2) is 10.2. The van der Waals surface area contributed by atoms with E-state index in [4.69, 9.17) is 0 Å². The molecule has 0 aliphatic carbocycles. The van der Waals surface area contributed by atoms with Crippen molar-refractivity contribution in [3.05, 3.63) is 0 Å². The summed E-state index contributed by atoms with van der Waals surface area (Å²) in [6.07, 6.45) is 3.17. The Morgan fingerprint density at radius 3 is 2.24 bits per heavy atom. The van der Waals surface area contributed by atoms with Crippen molar-refractivity contribution in [3.8, 4) is 6.07 Å². The molecule has 0 bridgehead atoms. The SMILES string of the molecule is CCN(CCCCC(C)(C#N)NC(C)C)C(C)CN(C)C. The highest BCUT2D eigenvalue weighted by molar-refractivity contribution is 5.04. The van der Waals surface area contributed by atoms with Gasteiger partial charge in [0, 0.05) is 18.6 Å². The van der Waals surface area contributed by atoms with Gasteiger partial charge in [0.05, 0.1) is 6.07 Å². The van der Waals surface area contributed by atoms with Crippen LogP contribution < -0.4 is 5.32 Å². The molecule has 2 unspecified atom stereocenters. The summed E-state index contributed by atoms with van der Waals surface area (Å²) in [4.78, 5) is 4.77. The van der Waals surface area contributed by atoms with Crippen LogP contribution in [0.3, 0.4) is 0 Å². The van der Waals surface area contributed by atoms with Gasteiger partial charge < -0.3 is 4.90 Å². The fourth-order valence-corrected chi connectivity index (χ4v) is 2.93. The maximum Gasteiger partial charge on any atom is 0.104 e. The highest BCUT2D eigenvalue weighted by Gasteiger charge is 2.23. The summed E-state index contributed by atoms with van der Waals surface area (Å²) in [5.41, 5.74) is -0.388. The molecule has 0 saturated heterocycles. The predicted octanol–water partition coefficient (Wildman–Crippen LogP) is 2.71. The largest absolute Gasteiger partial charge is 0.308 e. The lowest BCUT2D eigenvalue weighted by Crippen LogP contribution is -2.45.